The van der Waals surface area contributed by atoms with Gasteiger partial charge in [0.2, 0.25) is 0 Å². The molecule has 0 radical (unpaired) electrons. The number of aromatic nitrogens is 1. The molecule has 0 atom stereocenters. The molecular formula is C14H15NOS. The Labute approximate surface area is 106 Å². The van der Waals surface area contributed by atoms with Crippen LogP contribution in [0.2, 0.25) is 0 Å². The van der Waals surface area contributed by atoms with Crippen LogP contribution in [-0.4, -0.2) is 10.1 Å². The van der Waals surface area contributed by atoms with Crippen molar-refractivity contribution in [1.29, 1.82) is 0 Å². The van der Waals surface area contributed by atoms with Gasteiger partial charge in [0, 0.05) is 23.0 Å². The highest BCUT2D eigenvalue weighted by Gasteiger charge is 1.98. The molecule has 2 nitrogen and oxygen atoms in total. The highest BCUT2D eigenvalue weighted by molar-refractivity contribution is 7.98. The molecule has 0 saturated heterocycles. The summed E-state index contributed by atoms with van der Waals surface area (Å²) in [6.45, 7) is 2.16. The van der Waals surface area contributed by atoms with Crippen molar-refractivity contribution in [3.8, 4) is 0 Å². The number of pyridine rings is 1. The lowest BCUT2D eigenvalue weighted by Crippen LogP contribution is -1.85. The van der Waals surface area contributed by atoms with Crippen LogP contribution < -0.4 is 0 Å². The molecule has 3 heteroatoms. The first kappa shape index (κ1) is 12.1. The predicted octanol–water partition coefficient (Wildman–Crippen LogP) is 3.17. The summed E-state index contributed by atoms with van der Waals surface area (Å²) in [6, 6.07) is 10.1. The van der Waals surface area contributed by atoms with Crippen LogP contribution in [0.15, 0.2) is 47.6 Å². The molecular weight excluding hydrogens is 230 g/mol. The number of aryl methyl sites for hydroxylation is 1. The summed E-state index contributed by atoms with van der Waals surface area (Å²) in [5.74, 6) is 0.924. The van der Waals surface area contributed by atoms with E-state index in [1.165, 1.54) is 16.0 Å². The van der Waals surface area contributed by atoms with Gasteiger partial charge in [-0.2, -0.15) is 0 Å². The van der Waals surface area contributed by atoms with E-state index in [0.29, 0.717) is 0 Å². The molecule has 88 valence electrons. The summed E-state index contributed by atoms with van der Waals surface area (Å²) >= 11 is 1.78. The molecule has 0 aliphatic heterocycles. The number of aliphatic hydroxyl groups excluding tert-OH is 1. The van der Waals surface area contributed by atoms with Gasteiger partial charge in [-0.15, -0.1) is 11.8 Å². The Kier molecular flexibility index (Phi) is 4.18. The SMILES string of the molecule is Cc1cncc(CSc2ccc(CO)cc2)c1. The van der Waals surface area contributed by atoms with Crippen LogP contribution in [0.5, 0.6) is 0 Å². The van der Waals surface area contributed by atoms with E-state index in [-0.39, 0.29) is 6.61 Å². The van der Waals surface area contributed by atoms with Gasteiger partial charge < -0.3 is 5.11 Å². The van der Waals surface area contributed by atoms with E-state index in [4.69, 9.17) is 5.11 Å². The zero-order chi connectivity index (χ0) is 12.1. The first-order valence-corrected chi connectivity index (χ1v) is 6.49. The maximum Gasteiger partial charge on any atom is 0.0681 e. The van der Waals surface area contributed by atoms with E-state index in [2.05, 4.69) is 18.0 Å². The van der Waals surface area contributed by atoms with Gasteiger partial charge in [-0.1, -0.05) is 18.2 Å². The second kappa shape index (κ2) is 5.84. The number of hydrogen-bond donors (Lipinski definition) is 1. The molecule has 17 heavy (non-hydrogen) atoms. The van der Waals surface area contributed by atoms with Crippen molar-refractivity contribution < 1.29 is 5.11 Å². The molecule has 0 spiro atoms. The Balaban J connectivity index is 1.97. The third-order valence-electron chi connectivity index (χ3n) is 2.44. The van der Waals surface area contributed by atoms with E-state index >= 15 is 0 Å². The van der Waals surface area contributed by atoms with Gasteiger partial charge in [0.15, 0.2) is 0 Å². The van der Waals surface area contributed by atoms with Gasteiger partial charge in [-0.25, -0.2) is 0 Å². The summed E-state index contributed by atoms with van der Waals surface area (Å²) in [5, 5.41) is 8.95. The lowest BCUT2D eigenvalue weighted by atomic mass is 10.2. The monoisotopic (exact) mass is 245 g/mol. The quantitative estimate of drug-likeness (QED) is 0.840. The third kappa shape index (κ3) is 3.58. The number of nitrogens with zero attached hydrogens (tertiary/aromatic N) is 1. The molecule has 0 bridgehead atoms. The summed E-state index contributed by atoms with van der Waals surface area (Å²) < 4.78 is 0. The third-order valence-corrected chi connectivity index (χ3v) is 3.53. The fourth-order valence-corrected chi connectivity index (χ4v) is 2.37. The van der Waals surface area contributed by atoms with Crippen molar-refractivity contribution in [1.82, 2.24) is 4.98 Å². The summed E-state index contributed by atoms with van der Waals surface area (Å²) in [5.41, 5.74) is 3.38. The lowest BCUT2D eigenvalue weighted by molar-refractivity contribution is 0.282. The van der Waals surface area contributed by atoms with Crippen LogP contribution in [0.1, 0.15) is 16.7 Å². The minimum atomic E-state index is 0.104. The topological polar surface area (TPSA) is 33.1 Å². The second-order valence-corrected chi connectivity index (χ2v) is 5.01. The lowest BCUT2D eigenvalue weighted by Gasteiger charge is -2.03. The molecule has 2 rings (SSSR count). The van der Waals surface area contributed by atoms with Gasteiger partial charge in [0.25, 0.3) is 0 Å². The van der Waals surface area contributed by atoms with Crippen molar-refractivity contribution in [3.05, 3.63) is 59.4 Å². The molecule has 1 aromatic heterocycles. The molecule has 0 saturated carbocycles. The van der Waals surface area contributed by atoms with Crippen LogP contribution in [0.3, 0.4) is 0 Å². The number of thioether (sulfide) groups is 1. The standard InChI is InChI=1S/C14H15NOS/c1-11-6-13(8-15-7-11)10-17-14-4-2-12(9-16)3-5-14/h2-8,16H,9-10H2,1H3. The highest BCUT2D eigenvalue weighted by atomic mass is 32.2. The maximum atomic E-state index is 8.95. The zero-order valence-electron chi connectivity index (χ0n) is 9.76. The maximum absolute atomic E-state index is 8.95. The van der Waals surface area contributed by atoms with Crippen LogP contribution in [0, 0.1) is 6.92 Å². The fourth-order valence-electron chi connectivity index (χ4n) is 1.55. The zero-order valence-corrected chi connectivity index (χ0v) is 10.6. The number of aliphatic hydroxyl groups is 1. The molecule has 1 heterocycles. The van der Waals surface area contributed by atoms with Crippen molar-refractivity contribution in [2.24, 2.45) is 0 Å². The molecule has 0 unspecified atom stereocenters. The average Bonchev–Trinajstić information content (AvgIpc) is 2.37. The Morgan fingerprint density at radius 3 is 2.53 bits per heavy atom. The van der Waals surface area contributed by atoms with Crippen molar-refractivity contribution in [3.63, 3.8) is 0 Å². The van der Waals surface area contributed by atoms with Gasteiger partial charge in [0.1, 0.15) is 0 Å². The number of rotatable bonds is 4. The van der Waals surface area contributed by atoms with Gasteiger partial charge in [0.05, 0.1) is 6.61 Å². The Bertz CT molecular complexity index is 482. The largest absolute Gasteiger partial charge is 0.392 e. The normalized spacial score (nSPS) is 10.5. The molecule has 0 fully saturated rings. The van der Waals surface area contributed by atoms with Gasteiger partial charge in [-0.3, -0.25) is 4.98 Å². The van der Waals surface area contributed by atoms with Gasteiger partial charge >= 0.3 is 0 Å². The summed E-state index contributed by atoms with van der Waals surface area (Å²) in [7, 11) is 0. The summed E-state index contributed by atoms with van der Waals surface area (Å²) in [6.07, 6.45) is 3.77. The van der Waals surface area contributed by atoms with Crippen LogP contribution in [-0.2, 0) is 12.4 Å². The first-order valence-electron chi connectivity index (χ1n) is 5.51. The van der Waals surface area contributed by atoms with E-state index < -0.39 is 0 Å². The van der Waals surface area contributed by atoms with E-state index in [1.807, 2.05) is 36.7 Å². The minimum absolute atomic E-state index is 0.104. The molecule has 0 aliphatic carbocycles. The molecule has 2 aromatic rings. The molecule has 0 amide bonds. The molecule has 0 aliphatic rings. The van der Waals surface area contributed by atoms with E-state index in [9.17, 15) is 0 Å². The van der Waals surface area contributed by atoms with Crippen LogP contribution in [0.4, 0.5) is 0 Å². The minimum Gasteiger partial charge on any atom is -0.392 e. The van der Waals surface area contributed by atoms with E-state index in [1.54, 1.807) is 11.8 Å². The van der Waals surface area contributed by atoms with Gasteiger partial charge in [-0.05, 0) is 35.7 Å². The molecule has 1 N–H and O–H groups in total. The Morgan fingerprint density at radius 1 is 1.12 bits per heavy atom. The van der Waals surface area contributed by atoms with Crippen LogP contribution >= 0.6 is 11.8 Å². The fraction of sp³-hybridized carbons (Fsp3) is 0.214. The number of hydrogen-bond acceptors (Lipinski definition) is 3. The van der Waals surface area contributed by atoms with Crippen molar-refractivity contribution >= 4 is 11.8 Å². The average molecular weight is 245 g/mol. The highest BCUT2D eigenvalue weighted by Crippen LogP contribution is 2.23. The predicted molar refractivity (Wildman–Crippen MR) is 70.9 cm³/mol. The molecule has 1 aromatic carbocycles. The first-order chi connectivity index (χ1) is 8.28. The van der Waals surface area contributed by atoms with Crippen molar-refractivity contribution in [2.75, 3.05) is 0 Å². The second-order valence-electron chi connectivity index (χ2n) is 3.96. The summed E-state index contributed by atoms with van der Waals surface area (Å²) in [4.78, 5) is 5.39. The van der Waals surface area contributed by atoms with Crippen LogP contribution in [0.25, 0.3) is 0 Å². The van der Waals surface area contributed by atoms with E-state index in [0.717, 1.165) is 11.3 Å². The smallest absolute Gasteiger partial charge is 0.0681 e. The van der Waals surface area contributed by atoms with Crippen molar-refractivity contribution in [2.45, 2.75) is 24.2 Å². The number of benzene rings is 1. The Morgan fingerprint density at radius 2 is 1.88 bits per heavy atom. The Hall–Kier alpha value is -1.32.